The fourth-order valence-electron chi connectivity index (χ4n) is 1.15. The summed E-state index contributed by atoms with van der Waals surface area (Å²) in [7, 11) is 0. The molecule has 2 heteroatoms. The van der Waals surface area contributed by atoms with Gasteiger partial charge in [0.2, 0.25) is 0 Å². The van der Waals surface area contributed by atoms with Crippen LogP contribution >= 0.6 is 0 Å². The van der Waals surface area contributed by atoms with Crippen molar-refractivity contribution in [3.63, 3.8) is 0 Å². The van der Waals surface area contributed by atoms with E-state index in [2.05, 4.69) is 0 Å². The lowest BCUT2D eigenvalue weighted by atomic mass is 10.1. The Balaban J connectivity index is 2.48. The van der Waals surface area contributed by atoms with E-state index in [-0.39, 0.29) is 6.10 Å². The average Bonchev–Trinajstić information content (AvgIpc) is 2.15. The van der Waals surface area contributed by atoms with Crippen molar-refractivity contribution in [1.82, 2.24) is 0 Å². The minimum absolute atomic E-state index is 0.352. The number of hydrogen-bond acceptors (Lipinski definition) is 2. The Bertz CT molecular complexity index is 210. The highest BCUT2D eigenvalue weighted by molar-refractivity contribution is 5.16. The lowest BCUT2D eigenvalue weighted by molar-refractivity contribution is 0.165. The lowest BCUT2D eigenvalue weighted by Gasteiger charge is -2.09. The molecular weight excluding hydrogens is 150 g/mol. The Morgan fingerprint density at radius 1 is 1.25 bits per heavy atom. The first-order chi connectivity index (χ1) is 5.84. The van der Waals surface area contributed by atoms with E-state index < -0.39 is 0 Å². The van der Waals surface area contributed by atoms with Gasteiger partial charge in [-0.05, 0) is 24.9 Å². The second-order valence-corrected chi connectivity index (χ2v) is 2.86. The van der Waals surface area contributed by atoms with Crippen LogP contribution in [0.5, 0.6) is 0 Å². The molecule has 3 N–H and O–H groups in total. The predicted octanol–water partition coefficient (Wildman–Crippen LogP) is 1.46. The summed E-state index contributed by atoms with van der Waals surface area (Å²) in [5.74, 6) is 0. The van der Waals surface area contributed by atoms with Gasteiger partial charge in [-0.1, -0.05) is 30.3 Å². The molecule has 12 heavy (non-hydrogen) atoms. The summed E-state index contributed by atoms with van der Waals surface area (Å²) in [5, 5.41) is 9.60. The Morgan fingerprint density at radius 3 is 2.50 bits per heavy atom. The van der Waals surface area contributed by atoms with Crippen LogP contribution in [0, 0.1) is 0 Å². The van der Waals surface area contributed by atoms with Gasteiger partial charge in [0.25, 0.3) is 0 Å². The van der Waals surface area contributed by atoms with Gasteiger partial charge in [-0.2, -0.15) is 0 Å². The fourth-order valence-corrected chi connectivity index (χ4v) is 1.15. The molecule has 0 aliphatic carbocycles. The topological polar surface area (TPSA) is 46.2 Å². The van der Waals surface area contributed by atoms with E-state index in [1.54, 1.807) is 0 Å². The zero-order valence-electron chi connectivity index (χ0n) is 7.11. The third-order valence-corrected chi connectivity index (χ3v) is 1.87. The van der Waals surface area contributed by atoms with Gasteiger partial charge < -0.3 is 10.8 Å². The predicted molar refractivity (Wildman–Crippen MR) is 49.7 cm³/mol. The zero-order chi connectivity index (χ0) is 8.81. The molecule has 0 unspecified atom stereocenters. The van der Waals surface area contributed by atoms with Crippen LogP contribution in [0.3, 0.4) is 0 Å². The summed E-state index contributed by atoms with van der Waals surface area (Å²) in [4.78, 5) is 0. The summed E-state index contributed by atoms with van der Waals surface area (Å²) in [6.45, 7) is 0.643. The summed E-state index contributed by atoms with van der Waals surface area (Å²) >= 11 is 0. The molecular formula is C10H15NO. The molecule has 0 spiro atoms. The van der Waals surface area contributed by atoms with Crippen LogP contribution in [0.15, 0.2) is 30.3 Å². The van der Waals surface area contributed by atoms with Crippen molar-refractivity contribution in [2.24, 2.45) is 5.73 Å². The first-order valence-electron chi connectivity index (χ1n) is 4.27. The molecule has 66 valence electrons. The summed E-state index contributed by atoms with van der Waals surface area (Å²) in [6.07, 6.45) is 1.27. The molecule has 1 aromatic rings. The third kappa shape index (κ3) is 2.64. The van der Waals surface area contributed by atoms with Crippen LogP contribution in [-0.4, -0.2) is 11.7 Å². The SMILES string of the molecule is NCCC[C@@H](O)c1ccccc1. The number of aliphatic hydroxyl groups excluding tert-OH is 1. The van der Waals surface area contributed by atoms with Crippen LogP contribution in [0.25, 0.3) is 0 Å². The summed E-state index contributed by atoms with van der Waals surface area (Å²) < 4.78 is 0. The van der Waals surface area contributed by atoms with Crippen molar-refractivity contribution >= 4 is 0 Å². The van der Waals surface area contributed by atoms with Gasteiger partial charge in [0, 0.05) is 0 Å². The largest absolute Gasteiger partial charge is 0.388 e. The molecule has 0 heterocycles. The normalized spacial score (nSPS) is 12.8. The van der Waals surface area contributed by atoms with E-state index >= 15 is 0 Å². The van der Waals surface area contributed by atoms with Crippen LogP contribution < -0.4 is 5.73 Å². The van der Waals surface area contributed by atoms with E-state index in [1.807, 2.05) is 30.3 Å². The van der Waals surface area contributed by atoms with Crippen molar-refractivity contribution in [3.8, 4) is 0 Å². The molecule has 1 atom stereocenters. The van der Waals surface area contributed by atoms with Gasteiger partial charge in [0.1, 0.15) is 0 Å². The molecule has 2 nitrogen and oxygen atoms in total. The molecule has 0 amide bonds. The Labute approximate surface area is 73.0 Å². The minimum atomic E-state index is -0.352. The van der Waals surface area contributed by atoms with Crippen LogP contribution in [0.4, 0.5) is 0 Å². The second kappa shape index (κ2) is 4.91. The van der Waals surface area contributed by atoms with E-state index in [4.69, 9.17) is 5.73 Å². The van der Waals surface area contributed by atoms with Crippen LogP contribution in [-0.2, 0) is 0 Å². The van der Waals surface area contributed by atoms with Crippen LogP contribution in [0.1, 0.15) is 24.5 Å². The highest BCUT2D eigenvalue weighted by atomic mass is 16.3. The van der Waals surface area contributed by atoms with Gasteiger partial charge >= 0.3 is 0 Å². The number of benzene rings is 1. The number of hydrogen-bond donors (Lipinski definition) is 2. The monoisotopic (exact) mass is 165 g/mol. The molecule has 0 saturated carbocycles. The fraction of sp³-hybridized carbons (Fsp3) is 0.400. The van der Waals surface area contributed by atoms with Crippen molar-refractivity contribution in [1.29, 1.82) is 0 Å². The first kappa shape index (κ1) is 9.23. The first-order valence-corrected chi connectivity index (χ1v) is 4.27. The van der Waals surface area contributed by atoms with E-state index in [9.17, 15) is 5.11 Å². The summed E-state index contributed by atoms with van der Waals surface area (Å²) in [6, 6.07) is 9.67. The second-order valence-electron chi connectivity index (χ2n) is 2.86. The molecule has 0 fully saturated rings. The number of rotatable bonds is 4. The maximum absolute atomic E-state index is 9.60. The molecule has 0 saturated heterocycles. The van der Waals surface area contributed by atoms with Crippen LogP contribution in [0.2, 0.25) is 0 Å². The van der Waals surface area contributed by atoms with E-state index in [0.717, 1.165) is 18.4 Å². The van der Waals surface area contributed by atoms with Crippen molar-refractivity contribution < 1.29 is 5.11 Å². The lowest BCUT2D eigenvalue weighted by Crippen LogP contribution is -2.03. The molecule has 0 aliphatic rings. The number of nitrogens with two attached hydrogens (primary N) is 1. The molecule has 1 rings (SSSR count). The average molecular weight is 165 g/mol. The third-order valence-electron chi connectivity index (χ3n) is 1.87. The quantitative estimate of drug-likeness (QED) is 0.709. The molecule has 1 aromatic carbocycles. The molecule has 0 aliphatic heterocycles. The van der Waals surface area contributed by atoms with Crippen molar-refractivity contribution in [2.45, 2.75) is 18.9 Å². The standard InChI is InChI=1S/C10H15NO/c11-8-4-7-10(12)9-5-2-1-3-6-9/h1-3,5-6,10,12H,4,7-8,11H2/t10-/m1/s1. The van der Waals surface area contributed by atoms with Gasteiger partial charge in [0.05, 0.1) is 6.10 Å². The minimum Gasteiger partial charge on any atom is -0.388 e. The smallest absolute Gasteiger partial charge is 0.0790 e. The summed E-state index contributed by atoms with van der Waals surface area (Å²) in [5.41, 5.74) is 6.32. The van der Waals surface area contributed by atoms with Gasteiger partial charge in [-0.3, -0.25) is 0 Å². The van der Waals surface area contributed by atoms with Crippen molar-refractivity contribution in [3.05, 3.63) is 35.9 Å². The Morgan fingerprint density at radius 2 is 1.92 bits per heavy atom. The van der Waals surface area contributed by atoms with Gasteiger partial charge in [0.15, 0.2) is 0 Å². The highest BCUT2D eigenvalue weighted by Crippen LogP contribution is 2.16. The maximum atomic E-state index is 9.60. The zero-order valence-corrected chi connectivity index (χ0v) is 7.11. The maximum Gasteiger partial charge on any atom is 0.0790 e. The molecule has 0 bridgehead atoms. The Kier molecular flexibility index (Phi) is 3.77. The van der Waals surface area contributed by atoms with Gasteiger partial charge in [-0.25, -0.2) is 0 Å². The molecule has 0 radical (unpaired) electrons. The molecule has 0 aromatic heterocycles. The number of aliphatic hydroxyl groups is 1. The highest BCUT2D eigenvalue weighted by Gasteiger charge is 2.04. The van der Waals surface area contributed by atoms with Gasteiger partial charge in [-0.15, -0.1) is 0 Å². The van der Waals surface area contributed by atoms with Crippen molar-refractivity contribution in [2.75, 3.05) is 6.54 Å². The van der Waals surface area contributed by atoms with E-state index in [0.29, 0.717) is 6.54 Å². The van der Waals surface area contributed by atoms with E-state index in [1.165, 1.54) is 0 Å². The Hall–Kier alpha value is -0.860.